The molecule has 1 aromatic carbocycles. The Bertz CT molecular complexity index is 399. The van der Waals surface area contributed by atoms with Crippen LogP contribution in [0.1, 0.15) is 31.1 Å². The monoisotopic (exact) mass is 239 g/mol. The van der Waals surface area contributed by atoms with Crippen LogP contribution in [0.5, 0.6) is 0 Å². The van der Waals surface area contributed by atoms with E-state index in [1.807, 2.05) is 6.92 Å². The standard InChI is InChI=1S/C13H18FNO2/c1-4-15(9-13(2,3)17)12(16)10-6-5-7-11(14)8-10/h5-8,17H,4,9H2,1-3H3. The summed E-state index contributed by atoms with van der Waals surface area (Å²) in [6.07, 6.45) is 0. The third-order valence-electron chi connectivity index (χ3n) is 2.32. The lowest BCUT2D eigenvalue weighted by Gasteiger charge is -2.28. The van der Waals surface area contributed by atoms with Gasteiger partial charge in [-0.3, -0.25) is 4.79 Å². The predicted octanol–water partition coefficient (Wildman–Crippen LogP) is 2.06. The molecule has 0 saturated heterocycles. The van der Waals surface area contributed by atoms with Gasteiger partial charge in [-0.15, -0.1) is 0 Å². The van der Waals surface area contributed by atoms with Crippen molar-refractivity contribution >= 4 is 5.91 Å². The molecule has 0 saturated carbocycles. The molecule has 0 radical (unpaired) electrons. The zero-order chi connectivity index (χ0) is 13.1. The Morgan fingerprint density at radius 1 is 1.47 bits per heavy atom. The van der Waals surface area contributed by atoms with Crippen molar-refractivity contribution in [2.24, 2.45) is 0 Å². The van der Waals surface area contributed by atoms with E-state index < -0.39 is 11.4 Å². The Morgan fingerprint density at radius 2 is 2.12 bits per heavy atom. The van der Waals surface area contributed by atoms with E-state index in [0.29, 0.717) is 12.1 Å². The first kappa shape index (κ1) is 13.6. The van der Waals surface area contributed by atoms with Gasteiger partial charge in [0.05, 0.1) is 5.60 Å². The normalized spacial score (nSPS) is 11.4. The summed E-state index contributed by atoms with van der Waals surface area (Å²) in [5.74, 6) is -0.704. The smallest absolute Gasteiger partial charge is 0.254 e. The molecule has 0 aliphatic heterocycles. The number of amides is 1. The molecule has 0 aromatic heterocycles. The molecule has 3 nitrogen and oxygen atoms in total. The Morgan fingerprint density at radius 3 is 2.59 bits per heavy atom. The Balaban J connectivity index is 2.87. The summed E-state index contributed by atoms with van der Waals surface area (Å²) in [5.41, 5.74) is -0.657. The van der Waals surface area contributed by atoms with Gasteiger partial charge in [0.15, 0.2) is 0 Å². The molecular weight excluding hydrogens is 221 g/mol. The van der Waals surface area contributed by atoms with E-state index >= 15 is 0 Å². The van der Waals surface area contributed by atoms with E-state index in [9.17, 15) is 14.3 Å². The van der Waals surface area contributed by atoms with Crippen LogP contribution in [-0.4, -0.2) is 34.6 Å². The number of carbonyl (C=O) groups is 1. The number of hydrogen-bond acceptors (Lipinski definition) is 2. The van der Waals surface area contributed by atoms with Crippen molar-refractivity contribution < 1.29 is 14.3 Å². The van der Waals surface area contributed by atoms with Crippen molar-refractivity contribution in [2.45, 2.75) is 26.4 Å². The van der Waals surface area contributed by atoms with Gasteiger partial charge in [-0.25, -0.2) is 4.39 Å². The van der Waals surface area contributed by atoms with Crippen LogP contribution in [-0.2, 0) is 0 Å². The van der Waals surface area contributed by atoms with Gasteiger partial charge >= 0.3 is 0 Å². The maximum absolute atomic E-state index is 13.0. The molecule has 1 N–H and O–H groups in total. The van der Waals surface area contributed by atoms with Crippen LogP contribution in [0.3, 0.4) is 0 Å². The molecule has 0 fully saturated rings. The highest BCUT2D eigenvalue weighted by Gasteiger charge is 2.22. The Labute approximate surface area is 101 Å². The summed E-state index contributed by atoms with van der Waals surface area (Å²) >= 11 is 0. The highest BCUT2D eigenvalue weighted by molar-refractivity contribution is 5.94. The first-order valence-electron chi connectivity index (χ1n) is 5.60. The number of likely N-dealkylation sites (N-methyl/N-ethyl adjacent to an activating group) is 1. The van der Waals surface area contributed by atoms with Crippen LogP contribution in [0.25, 0.3) is 0 Å². The molecule has 1 amide bonds. The maximum Gasteiger partial charge on any atom is 0.254 e. The van der Waals surface area contributed by atoms with Crippen LogP contribution < -0.4 is 0 Å². The van der Waals surface area contributed by atoms with Gasteiger partial charge in [0.25, 0.3) is 5.91 Å². The number of aliphatic hydroxyl groups is 1. The minimum absolute atomic E-state index is 0.221. The average molecular weight is 239 g/mol. The fourth-order valence-corrected chi connectivity index (χ4v) is 1.60. The maximum atomic E-state index is 13.0. The third-order valence-corrected chi connectivity index (χ3v) is 2.32. The third kappa shape index (κ3) is 4.15. The summed E-state index contributed by atoms with van der Waals surface area (Å²) < 4.78 is 13.0. The van der Waals surface area contributed by atoms with Crippen molar-refractivity contribution in [1.29, 1.82) is 0 Å². The summed E-state index contributed by atoms with van der Waals surface area (Å²) in [6.45, 7) is 5.78. The molecule has 0 unspecified atom stereocenters. The van der Waals surface area contributed by atoms with Crippen LogP contribution in [0.2, 0.25) is 0 Å². The second-order valence-corrected chi connectivity index (χ2v) is 4.64. The molecular formula is C13H18FNO2. The quantitative estimate of drug-likeness (QED) is 0.873. The lowest BCUT2D eigenvalue weighted by Crippen LogP contribution is -2.42. The van der Waals surface area contributed by atoms with Crippen molar-refractivity contribution in [3.05, 3.63) is 35.6 Å². The lowest BCUT2D eigenvalue weighted by molar-refractivity contribution is 0.0314. The van der Waals surface area contributed by atoms with Gasteiger partial charge in [0.2, 0.25) is 0 Å². The van der Waals surface area contributed by atoms with E-state index in [-0.39, 0.29) is 12.5 Å². The average Bonchev–Trinajstić information content (AvgIpc) is 2.23. The topological polar surface area (TPSA) is 40.5 Å². The SMILES string of the molecule is CCN(CC(C)(C)O)C(=O)c1cccc(F)c1. The highest BCUT2D eigenvalue weighted by Crippen LogP contribution is 2.11. The van der Waals surface area contributed by atoms with Gasteiger partial charge in [-0.1, -0.05) is 6.07 Å². The number of halogens is 1. The van der Waals surface area contributed by atoms with Gasteiger partial charge in [-0.05, 0) is 39.0 Å². The van der Waals surface area contributed by atoms with Crippen molar-refractivity contribution in [1.82, 2.24) is 4.90 Å². The first-order chi connectivity index (χ1) is 7.83. The molecule has 0 bridgehead atoms. The van der Waals surface area contributed by atoms with Crippen molar-refractivity contribution in [3.63, 3.8) is 0 Å². The molecule has 0 aliphatic rings. The van der Waals surface area contributed by atoms with Gasteiger partial charge in [0, 0.05) is 18.7 Å². The molecule has 0 aliphatic carbocycles. The largest absolute Gasteiger partial charge is 0.389 e. The van der Waals surface area contributed by atoms with E-state index in [4.69, 9.17) is 0 Å². The fourth-order valence-electron chi connectivity index (χ4n) is 1.60. The fraction of sp³-hybridized carbons (Fsp3) is 0.462. The van der Waals surface area contributed by atoms with Crippen LogP contribution in [0.4, 0.5) is 4.39 Å². The Hall–Kier alpha value is -1.42. The molecule has 17 heavy (non-hydrogen) atoms. The number of carbonyl (C=O) groups excluding carboxylic acids is 1. The van der Waals surface area contributed by atoms with Gasteiger partial charge in [0.1, 0.15) is 5.82 Å². The zero-order valence-corrected chi connectivity index (χ0v) is 10.4. The zero-order valence-electron chi connectivity index (χ0n) is 10.4. The number of rotatable bonds is 4. The summed E-state index contributed by atoms with van der Waals surface area (Å²) in [5, 5.41) is 9.70. The minimum Gasteiger partial charge on any atom is -0.389 e. The van der Waals surface area contributed by atoms with Crippen molar-refractivity contribution in [2.75, 3.05) is 13.1 Å². The van der Waals surface area contributed by atoms with E-state index in [2.05, 4.69) is 0 Å². The molecule has 4 heteroatoms. The van der Waals surface area contributed by atoms with Gasteiger partial charge < -0.3 is 10.0 Å². The first-order valence-corrected chi connectivity index (χ1v) is 5.60. The second kappa shape index (κ2) is 5.27. The van der Waals surface area contributed by atoms with Crippen LogP contribution >= 0.6 is 0 Å². The second-order valence-electron chi connectivity index (χ2n) is 4.64. The predicted molar refractivity (Wildman–Crippen MR) is 64.3 cm³/mol. The minimum atomic E-state index is -0.959. The Kier molecular flexibility index (Phi) is 4.23. The summed E-state index contributed by atoms with van der Waals surface area (Å²) in [4.78, 5) is 13.5. The summed E-state index contributed by atoms with van der Waals surface area (Å²) in [6, 6.07) is 5.57. The molecule has 1 rings (SSSR count). The molecule has 0 atom stereocenters. The van der Waals surface area contributed by atoms with E-state index in [1.54, 1.807) is 19.9 Å². The van der Waals surface area contributed by atoms with Gasteiger partial charge in [-0.2, -0.15) is 0 Å². The summed E-state index contributed by atoms with van der Waals surface area (Å²) in [7, 11) is 0. The molecule has 1 aromatic rings. The molecule has 0 heterocycles. The van der Waals surface area contributed by atoms with Crippen molar-refractivity contribution in [3.8, 4) is 0 Å². The molecule has 0 spiro atoms. The molecule has 94 valence electrons. The highest BCUT2D eigenvalue weighted by atomic mass is 19.1. The number of benzene rings is 1. The lowest BCUT2D eigenvalue weighted by atomic mass is 10.1. The number of nitrogens with zero attached hydrogens (tertiary/aromatic N) is 1. The van der Waals surface area contributed by atoms with E-state index in [1.165, 1.54) is 23.1 Å². The number of hydrogen-bond donors (Lipinski definition) is 1. The van der Waals surface area contributed by atoms with Crippen LogP contribution in [0.15, 0.2) is 24.3 Å². The van der Waals surface area contributed by atoms with E-state index in [0.717, 1.165) is 0 Å². The van der Waals surface area contributed by atoms with Crippen LogP contribution in [0, 0.1) is 5.82 Å².